The summed E-state index contributed by atoms with van der Waals surface area (Å²) in [6, 6.07) is 0. The van der Waals surface area contributed by atoms with E-state index in [0.29, 0.717) is 0 Å². The van der Waals surface area contributed by atoms with Gasteiger partial charge in [0.15, 0.2) is 0 Å². The molecule has 2 rings (SSSR count). The molecule has 1 aliphatic rings. The Morgan fingerprint density at radius 3 is 2.24 bits per heavy atom. The minimum atomic E-state index is -0.0247. The van der Waals surface area contributed by atoms with E-state index in [9.17, 15) is 0 Å². The lowest BCUT2D eigenvalue weighted by molar-refractivity contribution is 0.403. The highest BCUT2D eigenvalue weighted by Crippen LogP contribution is 2.42. The fourth-order valence-electron chi connectivity index (χ4n) is 2.32. The van der Waals surface area contributed by atoms with Gasteiger partial charge in [-0.25, -0.2) is 0 Å². The van der Waals surface area contributed by atoms with Gasteiger partial charge < -0.3 is 10.5 Å². The Labute approximate surface area is 108 Å². The SMILES string of the molecule is COc1c(C)c(C)c(Cl)c(C)c1CC1(N)CC1. The first-order chi connectivity index (χ1) is 7.89. The molecule has 0 unspecified atom stereocenters. The van der Waals surface area contributed by atoms with Crippen LogP contribution < -0.4 is 10.5 Å². The smallest absolute Gasteiger partial charge is 0.125 e. The maximum atomic E-state index is 6.37. The molecule has 2 N–H and O–H groups in total. The van der Waals surface area contributed by atoms with E-state index in [2.05, 4.69) is 13.8 Å². The summed E-state index contributed by atoms with van der Waals surface area (Å²) in [6.45, 7) is 6.14. The van der Waals surface area contributed by atoms with Crippen LogP contribution in [0.4, 0.5) is 0 Å². The molecular formula is C14H20ClNO. The molecule has 0 radical (unpaired) electrons. The number of ether oxygens (including phenoxy) is 1. The molecule has 0 bridgehead atoms. The molecule has 1 fully saturated rings. The zero-order chi connectivity index (χ0) is 12.8. The van der Waals surface area contributed by atoms with E-state index in [0.717, 1.165) is 46.7 Å². The van der Waals surface area contributed by atoms with Crippen molar-refractivity contribution in [3.05, 3.63) is 27.3 Å². The fraction of sp³-hybridized carbons (Fsp3) is 0.571. The monoisotopic (exact) mass is 253 g/mol. The predicted molar refractivity (Wildman–Crippen MR) is 72.1 cm³/mol. The quantitative estimate of drug-likeness (QED) is 0.897. The van der Waals surface area contributed by atoms with Gasteiger partial charge in [0.05, 0.1) is 7.11 Å². The van der Waals surface area contributed by atoms with Crippen LogP contribution in [0.3, 0.4) is 0 Å². The van der Waals surface area contributed by atoms with Crippen molar-refractivity contribution in [1.29, 1.82) is 0 Å². The van der Waals surface area contributed by atoms with Crippen molar-refractivity contribution < 1.29 is 4.74 Å². The Balaban J connectivity index is 2.55. The maximum absolute atomic E-state index is 6.37. The first-order valence-electron chi connectivity index (χ1n) is 6.00. The van der Waals surface area contributed by atoms with E-state index in [1.165, 1.54) is 5.56 Å². The molecule has 1 aromatic rings. The molecule has 0 saturated heterocycles. The number of nitrogens with two attached hydrogens (primary N) is 1. The Morgan fingerprint density at radius 1 is 1.18 bits per heavy atom. The topological polar surface area (TPSA) is 35.2 Å². The molecular weight excluding hydrogens is 234 g/mol. The highest BCUT2D eigenvalue weighted by atomic mass is 35.5. The van der Waals surface area contributed by atoms with Gasteiger partial charge in [0.2, 0.25) is 0 Å². The van der Waals surface area contributed by atoms with Crippen LogP contribution in [0.15, 0.2) is 0 Å². The molecule has 94 valence electrons. The van der Waals surface area contributed by atoms with E-state index in [1.54, 1.807) is 7.11 Å². The minimum absolute atomic E-state index is 0.0247. The zero-order valence-electron chi connectivity index (χ0n) is 11.0. The summed E-state index contributed by atoms with van der Waals surface area (Å²) in [5.41, 5.74) is 10.7. The van der Waals surface area contributed by atoms with Crippen LogP contribution >= 0.6 is 11.6 Å². The number of benzene rings is 1. The second-order valence-electron chi connectivity index (χ2n) is 5.24. The summed E-state index contributed by atoms with van der Waals surface area (Å²) in [4.78, 5) is 0. The van der Waals surface area contributed by atoms with Crippen LogP contribution in [0.2, 0.25) is 5.02 Å². The standard InChI is InChI=1S/C14H20ClNO/c1-8-9(2)13(17-4)11(10(3)12(8)15)7-14(16)5-6-14/h5-7,16H2,1-4H3. The molecule has 0 amide bonds. The van der Waals surface area contributed by atoms with Gasteiger partial charge in [-0.3, -0.25) is 0 Å². The molecule has 17 heavy (non-hydrogen) atoms. The summed E-state index contributed by atoms with van der Waals surface area (Å²) in [7, 11) is 1.72. The number of methoxy groups -OCH3 is 1. The van der Waals surface area contributed by atoms with Gasteiger partial charge in [-0.05, 0) is 56.7 Å². The molecule has 2 nitrogen and oxygen atoms in total. The first-order valence-corrected chi connectivity index (χ1v) is 6.38. The van der Waals surface area contributed by atoms with E-state index in [-0.39, 0.29) is 5.54 Å². The Kier molecular flexibility index (Phi) is 3.13. The van der Waals surface area contributed by atoms with Crippen LogP contribution in [-0.2, 0) is 6.42 Å². The molecule has 3 heteroatoms. The average Bonchev–Trinajstić information content (AvgIpc) is 3.02. The number of rotatable bonds is 3. The summed E-state index contributed by atoms with van der Waals surface area (Å²) >= 11 is 6.37. The van der Waals surface area contributed by atoms with Crippen LogP contribution in [0.25, 0.3) is 0 Å². The van der Waals surface area contributed by atoms with E-state index in [4.69, 9.17) is 22.1 Å². The van der Waals surface area contributed by atoms with Crippen molar-refractivity contribution >= 4 is 11.6 Å². The van der Waals surface area contributed by atoms with E-state index >= 15 is 0 Å². The number of halogens is 1. The normalized spacial score (nSPS) is 17.1. The van der Waals surface area contributed by atoms with E-state index in [1.807, 2.05) is 6.92 Å². The minimum Gasteiger partial charge on any atom is -0.496 e. The Bertz CT molecular complexity index is 464. The van der Waals surface area contributed by atoms with Crippen molar-refractivity contribution in [2.45, 2.75) is 45.6 Å². The second-order valence-corrected chi connectivity index (χ2v) is 5.62. The highest BCUT2D eigenvalue weighted by molar-refractivity contribution is 6.32. The van der Waals surface area contributed by atoms with Crippen molar-refractivity contribution in [3.8, 4) is 5.75 Å². The fourth-order valence-corrected chi connectivity index (χ4v) is 2.58. The Morgan fingerprint density at radius 2 is 1.76 bits per heavy atom. The zero-order valence-corrected chi connectivity index (χ0v) is 11.7. The van der Waals surface area contributed by atoms with Crippen LogP contribution in [0.5, 0.6) is 5.75 Å². The predicted octanol–water partition coefficient (Wildman–Crippen LogP) is 3.31. The Hall–Kier alpha value is -0.730. The lowest BCUT2D eigenvalue weighted by atomic mass is 9.93. The summed E-state index contributed by atoms with van der Waals surface area (Å²) in [5.74, 6) is 0.959. The molecule has 0 aliphatic heterocycles. The summed E-state index contributed by atoms with van der Waals surface area (Å²) < 4.78 is 5.55. The van der Waals surface area contributed by atoms with Crippen molar-refractivity contribution in [1.82, 2.24) is 0 Å². The van der Waals surface area contributed by atoms with Crippen LogP contribution in [-0.4, -0.2) is 12.6 Å². The third-order valence-electron chi connectivity index (χ3n) is 3.91. The van der Waals surface area contributed by atoms with Gasteiger partial charge in [0.25, 0.3) is 0 Å². The van der Waals surface area contributed by atoms with Gasteiger partial charge in [-0.1, -0.05) is 11.6 Å². The third kappa shape index (κ3) is 2.16. The largest absolute Gasteiger partial charge is 0.496 e. The van der Waals surface area contributed by atoms with E-state index < -0.39 is 0 Å². The van der Waals surface area contributed by atoms with Gasteiger partial charge in [0.1, 0.15) is 5.75 Å². The number of hydrogen-bond donors (Lipinski definition) is 1. The molecule has 1 aliphatic carbocycles. The third-order valence-corrected chi connectivity index (χ3v) is 4.48. The summed E-state index contributed by atoms with van der Waals surface area (Å²) in [6.07, 6.45) is 3.06. The van der Waals surface area contributed by atoms with Gasteiger partial charge in [-0.15, -0.1) is 0 Å². The molecule has 0 heterocycles. The lowest BCUT2D eigenvalue weighted by Crippen LogP contribution is -2.25. The highest BCUT2D eigenvalue weighted by Gasteiger charge is 2.39. The van der Waals surface area contributed by atoms with Crippen LogP contribution in [0, 0.1) is 20.8 Å². The van der Waals surface area contributed by atoms with Crippen molar-refractivity contribution in [2.24, 2.45) is 5.73 Å². The van der Waals surface area contributed by atoms with Crippen molar-refractivity contribution in [2.75, 3.05) is 7.11 Å². The molecule has 1 saturated carbocycles. The summed E-state index contributed by atoms with van der Waals surface area (Å²) in [5, 5.41) is 0.850. The average molecular weight is 254 g/mol. The van der Waals surface area contributed by atoms with Gasteiger partial charge in [-0.2, -0.15) is 0 Å². The first kappa shape index (κ1) is 12.7. The maximum Gasteiger partial charge on any atom is 0.125 e. The second kappa shape index (κ2) is 4.18. The van der Waals surface area contributed by atoms with Crippen molar-refractivity contribution in [3.63, 3.8) is 0 Å². The molecule has 0 atom stereocenters. The number of hydrogen-bond acceptors (Lipinski definition) is 2. The lowest BCUT2D eigenvalue weighted by Gasteiger charge is -2.20. The molecule has 0 aromatic heterocycles. The van der Waals surface area contributed by atoms with Gasteiger partial charge in [0, 0.05) is 16.1 Å². The molecule has 0 spiro atoms. The van der Waals surface area contributed by atoms with Gasteiger partial charge >= 0.3 is 0 Å². The van der Waals surface area contributed by atoms with Crippen LogP contribution in [0.1, 0.15) is 35.1 Å². The molecule has 1 aromatic carbocycles.